The fourth-order valence-corrected chi connectivity index (χ4v) is 3.54. The smallest absolute Gasteiger partial charge is 0.286 e. The van der Waals surface area contributed by atoms with Crippen LogP contribution in [0.25, 0.3) is 11.1 Å². The lowest BCUT2D eigenvalue weighted by molar-refractivity contribution is 0.102. The quantitative estimate of drug-likeness (QED) is 0.629. The van der Waals surface area contributed by atoms with Gasteiger partial charge in [-0.1, -0.05) is 40.6 Å². The van der Waals surface area contributed by atoms with Crippen molar-refractivity contribution in [3.8, 4) is 11.5 Å². The highest BCUT2D eigenvalue weighted by Gasteiger charge is 2.16. The van der Waals surface area contributed by atoms with Gasteiger partial charge in [-0.15, -0.1) is 10.2 Å². The fraction of sp³-hybridized carbons (Fsp3) is 0.105. The molecule has 6 nitrogen and oxygen atoms in total. The number of ether oxygens (including phenoxy) is 2. The molecule has 4 rings (SSSR count). The van der Waals surface area contributed by atoms with E-state index in [1.165, 1.54) is 0 Å². The number of hydrogen-bond donors (Lipinski definition) is 1. The van der Waals surface area contributed by atoms with Crippen molar-refractivity contribution in [2.75, 3.05) is 18.5 Å². The van der Waals surface area contributed by atoms with Gasteiger partial charge in [0.15, 0.2) is 16.5 Å². The Bertz CT molecular complexity index is 1050. The summed E-state index contributed by atoms with van der Waals surface area (Å²) in [6, 6.07) is 12.3. The summed E-state index contributed by atoms with van der Waals surface area (Å²) in [4.78, 5) is 12.3. The summed E-state index contributed by atoms with van der Waals surface area (Å²) in [5.41, 5.74) is 1.45. The molecule has 0 fully saturated rings. The second-order valence-corrected chi connectivity index (χ2v) is 7.59. The van der Waals surface area contributed by atoms with Crippen LogP contribution in [-0.2, 0) is 0 Å². The molecule has 3 aromatic rings. The number of hydrogen-bond acceptors (Lipinski definition) is 6. The molecule has 0 bridgehead atoms. The molecule has 0 atom stereocenters. The van der Waals surface area contributed by atoms with E-state index in [-0.39, 0.29) is 10.9 Å². The monoisotopic (exact) mass is 433 g/mol. The lowest BCUT2D eigenvalue weighted by atomic mass is 10.2. The van der Waals surface area contributed by atoms with Gasteiger partial charge in [0, 0.05) is 10.7 Å². The van der Waals surface area contributed by atoms with E-state index in [2.05, 4.69) is 15.5 Å². The van der Waals surface area contributed by atoms with E-state index in [0.717, 1.165) is 16.9 Å². The lowest BCUT2D eigenvalue weighted by Crippen LogP contribution is -2.15. The number of halogens is 2. The maximum atomic E-state index is 12.3. The number of carbonyl (C=O) groups is 1. The summed E-state index contributed by atoms with van der Waals surface area (Å²) in [6.45, 7) is 1.05. The van der Waals surface area contributed by atoms with Gasteiger partial charge in [-0.2, -0.15) is 0 Å². The first kappa shape index (κ1) is 18.7. The summed E-state index contributed by atoms with van der Waals surface area (Å²) in [6.07, 6.45) is 1.74. The average Bonchev–Trinajstić information content (AvgIpc) is 3.20. The van der Waals surface area contributed by atoms with Crippen molar-refractivity contribution >= 4 is 57.2 Å². The predicted molar refractivity (Wildman–Crippen MR) is 110 cm³/mol. The Morgan fingerprint density at radius 1 is 1.04 bits per heavy atom. The summed E-state index contributed by atoms with van der Waals surface area (Å²) in [5, 5.41) is 12.3. The highest BCUT2D eigenvalue weighted by Crippen LogP contribution is 2.33. The number of carbonyl (C=O) groups excluding carboxylic acids is 1. The van der Waals surface area contributed by atoms with Crippen molar-refractivity contribution in [2.24, 2.45) is 0 Å². The zero-order chi connectivity index (χ0) is 19.5. The largest absolute Gasteiger partial charge is 0.486 e. The van der Waals surface area contributed by atoms with Crippen LogP contribution in [0.5, 0.6) is 11.5 Å². The van der Waals surface area contributed by atoms with E-state index >= 15 is 0 Å². The number of benzene rings is 2. The minimum atomic E-state index is -0.366. The molecular formula is C19H13Cl2N3O3S. The number of nitrogens with zero attached hydrogens (tertiary/aromatic N) is 2. The van der Waals surface area contributed by atoms with E-state index in [1.54, 1.807) is 30.3 Å². The third-order valence-corrected chi connectivity index (χ3v) is 5.39. The zero-order valence-electron chi connectivity index (χ0n) is 14.3. The highest BCUT2D eigenvalue weighted by atomic mass is 35.5. The lowest BCUT2D eigenvalue weighted by Gasteiger charge is -2.18. The zero-order valence-corrected chi connectivity index (χ0v) is 16.6. The molecule has 2 heterocycles. The van der Waals surface area contributed by atoms with Gasteiger partial charge in [0.05, 0.1) is 5.03 Å². The first-order valence-electron chi connectivity index (χ1n) is 8.26. The third kappa shape index (κ3) is 4.27. The van der Waals surface area contributed by atoms with Crippen molar-refractivity contribution in [3.05, 3.63) is 63.1 Å². The summed E-state index contributed by atoms with van der Waals surface area (Å²) < 4.78 is 11.1. The molecule has 28 heavy (non-hydrogen) atoms. The molecule has 0 unspecified atom stereocenters. The Balaban J connectivity index is 1.49. The molecule has 1 aromatic heterocycles. The second-order valence-electron chi connectivity index (χ2n) is 5.77. The van der Waals surface area contributed by atoms with E-state index in [4.69, 9.17) is 32.7 Å². The van der Waals surface area contributed by atoms with E-state index < -0.39 is 0 Å². The molecule has 0 saturated carbocycles. The molecule has 1 N–H and O–H groups in total. The number of aromatic nitrogens is 2. The number of anilines is 1. The number of nitrogens with one attached hydrogen (secondary N) is 1. The molecule has 1 aliphatic heterocycles. The van der Waals surface area contributed by atoms with Crippen LogP contribution in [0.2, 0.25) is 5.02 Å². The maximum absolute atomic E-state index is 12.3. The molecule has 9 heteroatoms. The topological polar surface area (TPSA) is 73.3 Å². The van der Waals surface area contributed by atoms with Crippen LogP contribution in [-0.4, -0.2) is 29.3 Å². The number of fused-ring (bicyclic) bond motifs is 1. The molecule has 1 aliphatic rings. The third-order valence-electron chi connectivity index (χ3n) is 3.79. The highest BCUT2D eigenvalue weighted by molar-refractivity contribution is 7.15. The maximum Gasteiger partial charge on any atom is 0.286 e. The number of rotatable bonds is 4. The average molecular weight is 434 g/mol. The van der Waals surface area contributed by atoms with Gasteiger partial charge < -0.3 is 14.8 Å². The van der Waals surface area contributed by atoms with Crippen LogP contribution in [0, 0.1) is 0 Å². The Labute approximate surface area is 174 Å². The van der Waals surface area contributed by atoms with Crippen molar-refractivity contribution in [3.63, 3.8) is 0 Å². The van der Waals surface area contributed by atoms with Gasteiger partial charge >= 0.3 is 0 Å². The first-order chi connectivity index (χ1) is 13.6. The van der Waals surface area contributed by atoms with Crippen molar-refractivity contribution in [2.45, 2.75) is 0 Å². The minimum absolute atomic E-state index is 0.207. The molecule has 0 aliphatic carbocycles. The Morgan fingerprint density at radius 2 is 1.75 bits per heavy atom. The molecule has 0 saturated heterocycles. The minimum Gasteiger partial charge on any atom is -0.486 e. The second kappa shape index (κ2) is 8.18. The van der Waals surface area contributed by atoms with E-state index in [9.17, 15) is 4.79 Å². The molecule has 1 amide bonds. The standard InChI is InChI=1S/C19H13Cl2N3O3S/c20-12-2-4-13(5-3-12)22-17(25)19-24-23-18(28-19)14(21)9-11-1-6-15-16(10-11)27-8-7-26-15/h1-6,9-10H,7-8H2,(H,22,25). The molecule has 0 spiro atoms. The molecular weight excluding hydrogens is 421 g/mol. The Morgan fingerprint density at radius 3 is 2.54 bits per heavy atom. The van der Waals surface area contributed by atoms with Gasteiger partial charge in [0.2, 0.25) is 5.01 Å². The molecule has 2 aromatic carbocycles. The normalized spacial score (nSPS) is 13.3. The van der Waals surface area contributed by atoms with Crippen molar-refractivity contribution in [1.29, 1.82) is 0 Å². The Hall–Kier alpha value is -2.61. The first-order valence-corrected chi connectivity index (χ1v) is 9.83. The fourth-order valence-electron chi connectivity index (χ4n) is 2.49. The van der Waals surface area contributed by atoms with Crippen LogP contribution < -0.4 is 14.8 Å². The summed E-state index contributed by atoms with van der Waals surface area (Å²) in [7, 11) is 0. The van der Waals surface area contributed by atoms with Crippen LogP contribution in [0.4, 0.5) is 5.69 Å². The molecule has 0 radical (unpaired) electrons. The van der Waals surface area contributed by atoms with Crippen LogP contribution in [0.15, 0.2) is 42.5 Å². The Kier molecular flexibility index (Phi) is 5.47. The van der Waals surface area contributed by atoms with E-state index in [1.807, 2.05) is 18.2 Å². The SMILES string of the molecule is O=C(Nc1ccc(Cl)cc1)c1nnc(C(Cl)=Cc2ccc3c(c2)OCCO3)s1. The van der Waals surface area contributed by atoms with Gasteiger partial charge in [-0.3, -0.25) is 4.79 Å². The van der Waals surface area contributed by atoms with E-state index in [0.29, 0.717) is 45.5 Å². The van der Waals surface area contributed by atoms with Crippen LogP contribution >= 0.6 is 34.5 Å². The van der Waals surface area contributed by atoms with Crippen LogP contribution in [0.3, 0.4) is 0 Å². The van der Waals surface area contributed by atoms with Crippen molar-refractivity contribution in [1.82, 2.24) is 10.2 Å². The number of amides is 1. The summed E-state index contributed by atoms with van der Waals surface area (Å²) in [5.74, 6) is 1.01. The predicted octanol–water partition coefficient (Wildman–Crippen LogP) is 4.95. The summed E-state index contributed by atoms with van der Waals surface area (Å²) >= 11 is 13.3. The van der Waals surface area contributed by atoms with Crippen LogP contribution in [0.1, 0.15) is 20.4 Å². The van der Waals surface area contributed by atoms with Gasteiger partial charge in [-0.25, -0.2) is 0 Å². The van der Waals surface area contributed by atoms with Crippen molar-refractivity contribution < 1.29 is 14.3 Å². The van der Waals surface area contributed by atoms with Gasteiger partial charge in [0.1, 0.15) is 13.2 Å². The molecule has 142 valence electrons. The van der Waals surface area contributed by atoms with Gasteiger partial charge in [0.25, 0.3) is 5.91 Å². The van der Waals surface area contributed by atoms with Gasteiger partial charge in [-0.05, 0) is 48.0 Å².